The van der Waals surface area contributed by atoms with Gasteiger partial charge < -0.3 is 4.42 Å². The molecular formula is C19H15BrN4OS. The van der Waals surface area contributed by atoms with E-state index in [0.29, 0.717) is 6.54 Å². The predicted molar refractivity (Wildman–Crippen MR) is 105 cm³/mol. The monoisotopic (exact) mass is 426 g/mol. The second-order valence-electron chi connectivity index (χ2n) is 5.59. The van der Waals surface area contributed by atoms with Crippen LogP contribution in [0.25, 0.3) is 11.4 Å². The Morgan fingerprint density at radius 1 is 1.04 bits per heavy atom. The molecule has 130 valence electrons. The quantitative estimate of drug-likeness (QED) is 0.404. The lowest BCUT2D eigenvalue weighted by Gasteiger charge is -2.09. The molecular weight excluding hydrogens is 412 g/mol. The summed E-state index contributed by atoms with van der Waals surface area (Å²) >= 11 is 5.25. The molecule has 0 unspecified atom stereocenters. The molecule has 0 fully saturated rings. The van der Waals surface area contributed by atoms with Crippen molar-refractivity contribution in [1.29, 1.82) is 0 Å². The Morgan fingerprint density at radius 3 is 2.73 bits per heavy atom. The number of halogens is 1. The maximum Gasteiger partial charge on any atom is 0.192 e. The Labute approximate surface area is 163 Å². The normalized spacial score (nSPS) is 11.0. The van der Waals surface area contributed by atoms with Gasteiger partial charge in [-0.2, -0.15) is 0 Å². The highest BCUT2D eigenvalue weighted by molar-refractivity contribution is 9.10. The molecule has 0 N–H and O–H groups in total. The number of furan rings is 1. The molecule has 0 saturated heterocycles. The van der Waals surface area contributed by atoms with Crippen molar-refractivity contribution in [3.63, 3.8) is 0 Å². The zero-order valence-corrected chi connectivity index (χ0v) is 16.2. The minimum Gasteiger partial charge on any atom is -0.467 e. The van der Waals surface area contributed by atoms with Gasteiger partial charge in [0.15, 0.2) is 11.0 Å². The van der Waals surface area contributed by atoms with Crippen molar-refractivity contribution in [1.82, 2.24) is 19.7 Å². The fourth-order valence-electron chi connectivity index (χ4n) is 2.56. The number of benzene rings is 1. The molecule has 0 spiro atoms. The van der Waals surface area contributed by atoms with Crippen LogP contribution in [0.1, 0.15) is 11.3 Å². The summed E-state index contributed by atoms with van der Waals surface area (Å²) in [7, 11) is 0. The first kappa shape index (κ1) is 17.1. The van der Waals surface area contributed by atoms with Gasteiger partial charge in [0.25, 0.3) is 0 Å². The van der Waals surface area contributed by atoms with Gasteiger partial charge in [0.2, 0.25) is 0 Å². The SMILES string of the molecule is Brc1ccccc1CSc1nnc(-c2cccnc2)n1Cc1ccco1. The minimum absolute atomic E-state index is 0.572. The highest BCUT2D eigenvalue weighted by atomic mass is 79.9. The van der Waals surface area contributed by atoms with Gasteiger partial charge in [-0.1, -0.05) is 45.9 Å². The Hall–Kier alpha value is -2.38. The minimum atomic E-state index is 0.572. The van der Waals surface area contributed by atoms with E-state index in [9.17, 15) is 0 Å². The van der Waals surface area contributed by atoms with E-state index in [1.165, 1.54) is 5.56 Å². The number of aromatic nitrogens is 4. The molecule has 0 saturated carbocycles. The molecule has 4 rings (SSSR count). The van der Waals surface area contributed by atoms with E-state index in [0.717, 1.165) is 32.5 Å². The van der Waals surface area contributed by atoms with Crippen LogP contribution in [0.5, 0.6) is 0 Å². The molecule has 26 heavy (non-hydrogen) atoms. The van der Waals surface area contributed by atoms with Crippen LogP contribution >= 0.6 is 27.7 Å². The summed E-state index contributed by atoms with van der Waals surface area (Å²) in [5.41, 5.74) is 2.15. The number of nitrogens with zero attached hydrogens (tertiary/aromatic N) is 4. The first-order chi connectivity index (χ1) is 12.8. The van der Waals surface area contributed by atoms with Crippen molar-refractivity contribution in [2.75, 3.05) is 0 Å². The second-order valence-corrected chi connectivity index (χ2v) is 7.39. The predicted octanol–water partition coefficient (Wildman–Crippen LogP) is 5.04. The van der Waals surface area contributed by atoms with E-state index < -0.39 is 0 Å². The lowest BCUT2D eigenvalue weighted by atomic mass is 10.2. The largest absolute Gasteiger partial charge is 0.467 e. The number of thioether (sulfide) groups is 1. The summed E-state index contributed by atoms with van der Waals surface area (Å²) in [5, 5.41) is 9.65. The molecule has 5 nitrogen and oxygen atoms in total. The van der Waals surface area contributed by atoms with E-state index in [1.807, 2.05) is 42.5 Å². The van der Waals surface area contributed by atoms with Gasteiger partial charge in [-0.05, 0) is 35.9 Å². The molecule has 0 aliphatic carbocycles. The number of pyridine rings is 1. The zero-order chi connectivity index (χ0) is 17.8. The molecule has 0 aliphatic heterocycles. The summed E-state index contributed by atoms with van der Waals surface area (Å²) < 4.78 is 8.69. The van der Waals surface area contributed by atoms with Crippen LogP contribution in [0.15, 0.2) is 81.2 Å². The molecule has 0 atom stereocenters. The average Bonchev–Trinajstić information content (AvgIpc) is 3.32. The van der Waals surface area contributed by atoms with Crippen molar-refractivity contribution < 1.29 is 4.42 Å². The van der Waals surface area contributed by atoms with Crippen LogP contribution < -0.4 is 0 Å². The van der Waals surface area contributed by atoms with Crippen molar-refractivity contribution >= 4 is 27.7 Å². The van der Waals surface area contributed by atoms with Crippen molar-refractivity contribution in [3.8, 4) is 11.4 Å². The van der Waals surface area contributed by atoms with E-state index in [2.05, 4.69) is 41.7 Å². The van der Waals surface area contributed by atoms with E-state index in [1.54, 1.807) is 30.4 Å². The van der Waals surface area contributed by atoms with Gasteiger partial charge in [-0.3, -0.25) is 9.55 Å². The Balaban J connectivity index is 1.65. The van der Waals surface area contributed by atoms with Crippen molar-refractivity contribution in [3.05, 3.63) is 83.0 Å². The van der Waals surface area contributed by atoms with Crippen LogP contribution in [0.2, 0.25) is 0 Å². The second kappa shape index (κ2) is 7.88. The van der Waals surface area contributed by atoms with Gasteiger partial charge in [0, 0.05) is 28.2 Å². The highest BCUT2D eigenvalue weighted by Gasteiger charge is 2.16. The molecule has 7 heteroatoms. The van der Waals surface area contributed by atoms with Gasteiger partial charge in [-0.15, -0.1) is 10.2 Å². The molecule has 3 heterocycles. The molecule has 0 amide bonds. The smallest absolute Gasteiger partial charge is 0.192 e. The summed E-state index contributed by atoms with van der Waals surface area (Å²) in [5.74, 6) is 2.44. The van der Waals surface area contributed by atoms with E-state index >= 15 is 0 Å². The summed E-state index contributed by atoms with van der Waals surface area (Å²) in [6.07, 6.45) is 5.22. The van der Waals surface area contributed by atoms with E-state index in [-0.39, 0.29) is 0 Å². The zero-order valence-electron chi connectivity index (χ0n) is 13.7. The van der Waals surface area contributed by atoms with Crippen molar-refractivity contribution in [2.45, 2.75) is 17.5 Å². The highest BCUT2D eigenvalue weighted by Crippen LogP contribution is 2.29. The van der Waals surface area contributed by atoms with Crippen LogP contribution in [-0.2, 0) is 12.3 Å². The van der Waals surface area contributed by atoms with Crippen LogP contribution in [-0.4, -0.2) is 19.7 Å². The number of hydrogen-bond acceptors (Lipinski definition) is 5. The maximum atomic E-state index is 5.53. The maximum absolute atomic E-state index is 5.53. The lowest BCUT2D eigenvalue weighted by Crippen LogP contribution is -2.03. The molecule has 0 aliphatic rings. The van der Waals surface area contributed by atoms with Gasteiger partial charge in [0.1, 0.15) is 5.76 Å². The number of hydrogen-bond donors (Lipinski definition) is 0. The summed E-state index contributed by atoms with van der Waals surface area (Å²) in [6.45, 7) is 0.572. The summed E-state index contributed by atoms with van der Waals surface area (Å²) in [6, 6.07) is 15.9. The molecule has 1 aromatic carbocycles. The Kier molecular flexibility index (Phi) is 5.17. The van der Waals surface area contributed by atoms with Crippen molar-refractivity contribution in [2.24, 2.45) is 0 Å². The Bertz CT molecular complexity index is 986. The van der Waals surface area contributed by atoms with Gasteiger partial charge in [-0.25, -0.2) is 0 Å². The first-order valence-electron chi connectivity index (χ1n) is 8.03. The summed E-state index contributed by atoms with van der Waals surface area (Å²) in [4.78, 5) is 4.20. The van der Waals surface area contributed by atoms with Crippen LogP contribution in [0.4, 0.5) is 0 Å². The molecule has 0 bridgehead atoms. The Morgan fingerprint density at radius 2 is 1.96 bits per heavy atom. The lowest BCUT2D eigenvalue weighted by molar-refractivity contribution is 0.485. The fraction of sp³-hybridized carbons (Fsp3) is 0.105. The third-order valence-electron chi connectivity index (χ3n) is 3.85. The molecule has 3 aromatic heterocycles. The van der Waals surface area contributed by atoms with Crippen LogP contribution in [0.3, 0.4) is 0 Å². The third-order valence-corrected chi connectivity index (χ3v) is 5.63. The fourth-order valence-corrected chi connectivity index (χ4v) is 4.12. The van der Waals surface area contributed by atoms with Crippen LogP contribution in [0, 0.1) is 0 Å². The molecule has 0 radical (unpaired) electrons. The topological polar surface area (TPSA) is 56.7 Å². The van der Waals surface area contributed by atoms with Gasteiger partial charge in [0.05, 0.1) is 12.8 Å². The standard InChI is InChI=1S/C19H15BrN4OS/c20-17-8-2-1-5-15(17)13-26-19-23-22-18(14-6-3-9-21-11-14)24(19)12-16-7-4-10-25-16/h1-11H,12-13H2. The number of rotatable bonds is 6. The van der Waals surface area contributed by atoms with Gasteiger partial charge >= 0.3 is 0 Å². The molecule has 4 aromatic rings. The third kappa shape index (κ3) is 3.73. The first-order valence-corrected chi connectivity index (χ1v) is 9.81. The average molecular weight is 427 g/mol. The van der Waals surface area contributed by atoms with E-state index in [4.69, 9.17) is 4.42 Å².